The van der Waals surface area contributed by atoms with Crippen molar-refractivity contribution >= 4 is 29.0 Å². The van der Waals surface area contributed by atoms with E-state index in [0.29, 0.717) is 16.7 Å². The Hall–Kier alpha value is -3.67. The van der Waals surface area contributed by atoms with Crippen LogP contribution in [0.25, 0.3) is 17.0 Å². The lowest BCUT2D eigenvalue weighted by atomic mass is 10.1. The summed E-state index contributed by atoms with van der Waals surface area (Å²) in [5, 5.41) is 0.733. The Labute approximate surface area is 167 Å². The van der Waals surface area contributed by atoms with Crippen molar-refractivity contribution in [2.75, 3.05) is 7.11 Å². The fraction of sp³-hybridized carbons (Fsp3) is 0.174. The van der Waals surface area contributed by atoms with Gasteiger partial charge in [0, 0.05) is 23.1 Å². The van der Waals surface area contributed by atoms with Gasteiger partial charge in [-0.1, -0.05) is 31.2 Å². The van der Waals surface area contributed by atoms with Gasteiger partial charge in [-0.25, -0.2) is 14.4 Å². The van der Waals surface area contributed by atoms with E-state index in [0.717, 1.165) is 22.9 Å². The van der Waals surface area contributed by atoms with Crippen molar-refractivity contribution in [2.24, 2.45) is 0 Å². The molecule has 0 bridgehead atoms. The molecule has 0 aliphatic rings. The van der Waals surface area contributed by atoms with E-state index >= 15 is 0 Å². The summed E-state index contributed by atoms with van der Waals surface area (Å²) in [5.74, 6) is -0.973. The molecule has 0 atom stereocenters. The summed E-state index contributed by atoms with van der Waals surface area (Å²) in [6.07, 6.45) is 3.69. The highest BCUT2D eigenvalue weighted by Gasteiger charge is 2.09. The number of ether oxygens (including phenoxy) is 2. The Balaban J connectivity index is 1.68. The van der Waals surface area contributed by atoms with Crippen LogP contribution in [0.4, 0.5) is 0 Å². The molecule has 0 fully saturated rings. The summed E-state index contributed by atoms with van der Waals surface area (Å²) >= 11 is 0. The zero-order chi connectivity index (χ0) is 20.8. The maximum absolute atomic E-state index is 12.0. The average molecular weight is 392 g/mol. The van der Waals surface area contributed by atoms with E-state index in [1.807, 2.05) is 25.1 Å². The first kappa shape index (κ1) is 20.1. The van der Waals surface area contributed by atoms with Gasteiger partial charge in [0.05, 0.1) is 12.7 Å². The van der Waals surface area contributed by atoms with Crippen molar-refractivity contribution in [3.63, 3.8) is 0 Å². The second-order valence-electron chi connectivity index (χ2n) is 6.33. The Morgan fingerprint density at radius 1 is 1.07 bits per heavy atom. The number of hydrogen-bond donors (Lipinski definition) is 0. The van der Waals surface area contributed by atoms with Crippen LogP contribution >= 0.6 is 0 Å². The summed E-state index contributed by atoms with van der Waals surface area (Å²) in [5.41, 5.74) is 2.78. The molecule has 3 aromatic rings. The van der Waals surface area contributed by atoms with Crippen LogP contribution in [0, 0.1) is 0 Å². The fourth-order valence-electron chi connectivity index (χ4n) is 2.82. The molecule has 0 radical (unpaired) electrons. The van der Waals surface area contributed by atoms with Crippen LogP contribution in [-0.4, -0.2) is 19.0 Å². The first-order valence-corrected chi connectivity index (χ1v) is 9.09. The molecule has 3 rings (SSSR count). The number of carbonyl (C=O) groups is 2. The summed E-state index contributed by atoms with van der Waals surface area (Å²) < 4.78 is 15.2. The molecule has 0 aliphatic heterocycles. The van der Waals surface area contributed by atoms with Gasteiger partial charge >= 0.3 is 17.6 Å². The first-order valence-electron chi connectivity index (χ1n) is 9.09. The number of esters is 2. The predicted octanol–water partition coefficient (Wildman–Crippen LogP) is 3.90. The Bertz CT molecular complexity index is 1120. The van der Waals surface area contributed by atoms with Crippen molar-refractivity contribution < 1.29 is 23.5 Å². The van der Waals surface area contributed by atoms with Gasteiger partial charge in [0.1, 0.15) is 12.2 Å². The molecule has 0 saturated heterocycles. The van der Waals surface area contributed by atoms with Gasteiger partial charge in [-0.3, -0.25) is 0 Å². The normalized spacial score (nSPS) is 11.0. The average Bonchev–Trinajstić information content (AvgIpc) is 2.75. The number of hydrogen-bond acceptors (Lipinski definition) is 6. The number of carbonyl (C=O) groups excluding carboxylic acids is 2. The Morgan fingerprint density at radius 3 is 2.52 bits per heavy atom. The van der Waals surface area contributed by atoms with Gasteiger partial charge in [0.15, 0.2) is 0 Å². The van der Waals surface area contributed by atoms with Crippen LogP contribution in [0.3, 0.4) is 0 Å². The number of benzene rings is 2. The molecule has 0 unspecified atom stereocenters. The molecular formula is C23H20O6. The third kappa shape index (κ3) is 4.99. The molecule has 1 aromatic heterocycles. The lowest BCUT2D eigenvalue weighted by Gasteiger charge is -2.07. The van der Waals surface area contributed by atoms with Crippen molar-refractivity contribution in [3.05, 3.63) is 87.3 Å². The summed E-state index contributed by atoms with van der Waals surface area (Å²) in [6.45, 7) is 1.97. The molecule has 2 aromatic carbocycles. The maximum atomic E-state index is 12.0. The summed E-state index contributed by atoms with van der Waals surface area (Å²) in [6, 6.07) is 13.6. The van der Waals surface area contributed by atoms with Crippen LogP contribution in [0.1, 0.15) is 34.0 Å². The fourth-order valence-corrected chi connectivity index (χ4v) is 2.82. The maximum Gasteiger partial charge on any atom is 0.337 e. The van der Waals surface area contributed by atoms with Crippen molar-refractivity contribution in [1.82, 2.24) is 0 Å². The summed E-state index contributed by atoms with van der Waals surface area (Å²) in [7, 11) is 1.31. The van der Waals surface area contributed by atoms with Gasteiger partial charge < -0.3 is 13.9 Å². The van der Waals surface area contributed by atoms with E-state index in [4.69, 9.17) is 9.15 Å². The van der Waals surface area contributed by atoms with Crippen molar-refractivity contribution in [2.45, 2.75) is 20.0 Å². The zero-order valence-electron chi connectivity index (χ0n) is 16.1. The molecule has 6 nitrogen and oxygen atoms in total. The molecule has 29 heavy (non-hydrogen) atoms. The van der Waals surface area contributed by atoms with Crippen LogP contribution in [0.5, 0.6) is 0 Å². The second kappa shape index (κ2) is 9.01. The van der Waals surface area contributed by atoms with E-state index in [1.54, 1.807) is 30.3 Å². The highest BCUT2D eigenvalue weighted by Crippen LogP contribution is 2.20. The lowest BCUT2D eigenvalue weighted by molar-refractivity contribution is -0.138. The first-order chi connectivity index (χ1) is 14.0. The third-order valence-corrected chi connectivity index (χ3v) is 4.42. The molecule has 0 amide bonds. The minimum absolute atomic E-state index is 0.0436. The van der Waals surface area contributed by atoms with E-state index < -0.39 is 17.6 Å². The topological polar surface area (TPSA) is 82.8 Å². The number of aryl methyl sites for hydroxylation is 1. The van der Waals surface area contributed by atoms with Crippen LogP contribution in [0.2, 0.25) is 0 Å². The minimum atomic E-state index is -0.548. The zero-order valence-corrected chi connectivity index (χ0v) is 16.1. The van der Waals surface area contributed by atoms with E-state index in [9.17, 15) is 14.4 Å². The molecule has 0 N–H and O–H groups in total. The van der Waals surface area contributed by atoms with Crippen LogP contribution < -0.4 is 5.63 Å². The van der Waals surface area contributed by atoms with Gasteiger partial charge in [-0.05, 0) is 41.8 Å². The lowest BCUT2D eigenvalue weighted by Crippen LogP contribution is -2.06. The quantitative estimate of drug-likeness (QED) is 0.359. The van der Waals surface area contributed by atoms with Gasteiger partial charge in [0.25, 0.3) is 0 Å². The number of rotatable bonds is 6. The SMILES string of the molecule is CCc1ccc2c(COC(=O)/C=C/c3ccc(C(=O)OC)cc3)cc(=O)oc2c1. The van der Waals surface area contributed by atoms with E-state index in [2.05, 4.69) is 4.74 Å². The molecular weight excluding hydrogens is 372 g/mol. The highest BCUT2D eigenvalue weighted by molar-refractivity contribution is 5.90. The Morgan fingerprint density at radius 2 is 1.83 bits per heavy atom. The van der Waals surface area contributed by atoms with Crippen molar-refractivity contribution in [3.8, 4) is 0 Å². The predicted molar refractivity (Wildman–Crippen MR) is 108 cm³/mol. The number of fused-ring (bicyclic) bond motifs is 1. The minimum Gasteiger partial charge on any atom is -0.465 e. The summed E-state index contributed by atoms with van der Waals surface area (Å²) in [4.78, 5) is 35.3. The van der Waals surface area contributed by atoms with Crippen LogP contribution in [0.15, 0.2) is 63.8 Å². The third-order valence-electron chi connectivity index (χ3n) is 4.42. The largest absolute Gasteiger partial charge is 0.465 e. The highest BCUT2D eigenvalue weighted by atomic mass is 16.5. The molecule has 1 heterocycles. The second-order valence-corrected chi connectivity index (χ2v) is 6.33. The van der Waals surface area contributed by atoms with Crippen LogP contribution in [-0.2, 0) is 27.3 Å². The van der Waals surface area contributed by atoms with E-state index in [-0.39, 0.29) is 6.61 Å². The van der Waals surface area contributed by atoms with E-state index in [1.165, 1.54) is 19.3 Å². The van der Waals surface area contributed by atoms with Gasteiger partial charge in [-0.2, -0.15) is 0 Å². The molecule has 0 saturated carbocycles. The Kier molecular flexibility index (Phi) is 6.24. The standard InChI is InChI=1S/C23H20O6/c1-3-15-6-10-19-18(13-22(25)29-20(19)12-15)14-28-21(24)11-7-16-4-8-17(9-5-16)23(26)27-2/h4-13H,3,14H2,1-2H3/b11-7+. The molecule has 0 spiro atoms. The number of methoxy groups -OCH3 is 1. The molecule has 148 valence electrons. The monoisotopic (exact) mass is 392 g/mol. The molecule has 6 heteroatoms. The van der Waals surface area contributed by atoms with Gasteiger partial charge in [0.2, 0.25) is 0 Å². The van der Waals surface area contributed by atoms with Gasteiger partial charge in [-0.15, -0.1) is 0 Å². The smallest absolute Gasteiger partial charge is 0.337 e. The molecule has 0 aliphatic carbocycles. The van der Waals surface area contributed by atoms with Crippen molar-refractivity contribution in [1.29, 1.82) is 0 Å².